The molecular weight excluding hydrogens is 250 g/mol. The predicted molar refractivity (Wildman–Crippen MR) is 71.1 cm³/mol. The van der Waals surface area contributed by atoms with Gasteiger partial charge < -0.3 is 15.5 Å². The van der Waals surface area contributed by atoms with Gasteiger partial charge in [0.2, 0.25) is 5.13 Å². The van der Waals surface area contributed by atoms with E-state index in [-0.39, 0.29) is 17.5 Å². The molecule has 1 aromatic carbocycles. The number of nitrogens with one attached hydrogen (secondary N) is 1. The normalized spacial score (nSPS) is 12.3. The summed E-state index contributed by atoms with van der Waals surface area (Å²) in [6, 6.07) is 4.45. The zero-order chi connectivity index (χ0) is 13.1. The Bertz CT molecular complexity index is 522. The first-order valence-corrected chi connectivity index (χ1v) is 6.52. The highest BCUT2D eigenvalue weighted by molar-refractivity contribution is 7.15. The summed E-state index contributed by atoms with van der Waals surface area (Å²) in [5, 5.41) is 31.8. The topological polar surface area (TPSA) is 78.3 Å². The van der Waals surface area contributed by atoms with E-state index in [1.165, 1.54) is 17.4 Å². The number of anilines is 1. The summed E-state index contributed by atoms with van der Waals surface area (Å²) in [6.45, 7) is 3.96. The summed E-state index contributed by atoms with van der Waals surface area (Å²) < 4.78 is 0. The van der Waals surface area contributed by atoms with Gasteiger partial charge in [-0.3, -0.25) is 0 Å². The maximum atomic E-state index is 9.44. The SMILES string of the molecule is CCc1nnc(NC(C)c2cc(O)cc(O)c2)s1. The van der Waals surface area contributed by atoms with Crippen molar-refractivity contribution < 1.29 is 10.2 Å². The predicted octanol–water partition coefficient (Wildman–Crippen LogP) is 2.68. The zero-order valence-electron chi connectivity index (χ0n) is 10.2. The van der Waals surface area contributed by atoms with Crippen LogP contribution in [0.2, 0.25) is 0 Å². The second-order valence-electron chi connectivity index (χ2n) is 4.00. The van der Waals surface area contributed by atoms with E-state index in [2.05, 4.69) is 15.5 Å². The van der Waals surface area contributed by atoms with Crippen molar-refractivity contribution in [3.05, 3.63) is 28.8 Å². The van der Waals surface area contributed by atoms with Crippen molar-refractivity contribution in [2.24, 2.45) is 0 Å². The maximum absolute atomic E-state index is 9.44. The van der Waals surface area contributed by atoms with Gasteiger partial charge in [-0.05, 0) is 31.0 Å². The molecule has 1 aromatic heterocycles. The van der Waals surface area contributed by atoms with Gasteiger partial charge in [-0.15, -0.1) is 10.2 Å². The summed E-state index contributed by atoms with van der Waals surface area (Å²) >= 11 is 1.51. The molecule has 0 saturated heterocycles. The Balaban J connectivity index is 2.13. The third-order valence-electron chi connectivity index (χ3n) is 2.53. The van der Waals surface area contributed by atoms with Gasteiger partial charge in [-0.25, -0.2) is 0 Å². The minimum Gasteiger partial charge on any atom is -0.508 e. The molecule has 0 aliphatic heterocycles. The molecule has 0 amide bonds. The van der Waals surface area contributed by atoms with Crippen LogP contribution in [0.1, 0.15) is 30.5 Å². The lowest BCUT2D eigenvalue weighted by molar-refractivity contribution is 0.448. The lowest BCUT2D eigenvalue weighted by Gasteiger charge is -2.13. The molecule has 2 rings (SSSR count). The van der Waals surface area contributed by atoms with Gasteiger partial charge in [0.1, 0.15) is 16.5 Å². The first kappa shape index (κ1) is 12.6. The highest BCUT2D eigenvalue weighted by atomic mass is 32.1. The monoisotopic (exact) mass is 265 g/mol. The number of nitrogens with zero attached hydrogens (tertiary/aromatic N) is 2. The lowest BCUT2D eigenvalue weighted by atomic mass is 10.1. The first-order chi connectivity index (χ1) is 8.58. The molecule has 0 saturated carbocycles. The number of rotatable bonds is 4. The van der Waals surface area contributed by atoms with Crippen LogP contribution in [-0.2, 0) is 6.42 Å². The van der Waals surface area contributed by atoms with Gasteiger partial charge in [-0.1, -0.05) is 18.3 Å². The molecule has 96 valence electrons. The van der Waals surface area contributed by atoms with Crippen molar-refractivity contribution in [3.63, 3.8) is 0 Å². The molecule has 0 bridgehead atoms. The molecule has 3 N–H and O–H groups in total. The van der Waals surface area contributed by atoms with Crippen molar-refractivity contribution in [1.82, 2.24) is 10.2 Å². The quantitative estimate of drug-likeness (QED) is 0.792. The zero-order valence-corrected chi connectivity index (χ0v) is 11.0. The van der Waals surface area contributed by atoms with E-state index >= 15 is 0 Å². The van der Waals surface area contributed by atoms with E-state index in [1.807, 2.05) is 13.8 Å². The van der Waals surface area contributed by atoms with E-state index in [4.69, 9.17) is 0 Å². The second kappa shape index (κ2) is 5.22. The van der Waals surface area contributed by atoms with Crippen LogP contribution in [0.5, 0.6) is 11.5 Å². The fraction of sp³-hybridized carbons (Fsp3) is 0.333. The molecule has 5 nitrogen and oxygen atoms in total. The molecule has 18 heavy (non-hydrogen) atoms. The van der Waals surface area contributed by atoms with Gasteiger partial charge in [0.05, 0.1) is 6.04 Å². The summed E-state index contributed by atoms with van der Waals surface area (Å²) in [4.78, 5) is 0. The average molecular weight is 265 g/mol. The minimum atomic E-state index is -0.0688. The Kier molecular flexibility index (Phi) is 3.66. The summed E-state index contributed by atoms with van der Waals surface area (Å²) in [5.41, 5.74) is 0.792. The van der Waals surface area contributed by atoms with Crippen LogP contribution in [0.4, 0.5) is 5.13 Å². The second-order valence-corrected chi connectivity index (χ2v) is 5.07. The molecule has 1 heterocycles. The Morgan fingerprint density at radius 1 is 1.22 bits per heavy atom. The number of hydrogen-bond acceptors (Lipinski definition) is 6. The van der Waals surface area contributed by atoms with Crippen LogP contribution < -0.4 is 5.32 Å². The Morgan fingerprint density at radius 3 is 2.44 bits per heavy atom. The van der Waals surface area contributed by atoms with Crippen LogP contribution >= 0.6 is 11.3 Å². The number of aromatic hydroxyl groups is 2. The number of hydrogen-bond donors (Lipinski definition) is 3. The van der Waals surface area contributed by atoms with Crippen LogP contribution in [-0.4, -0.2) is 20.4 Å². The van der Waals surface area contributed by atoms with E-state index in [1.54, 1.807) is 12.1 Å². The third-order valence-corrected chi connectivity index (χ3v) is 3.53. The number of phenols is 2. The highest BCUT2D eigenvalue weighted by Crippen LogP contribution is 2.27. The first-order valence-electron chi connectivity index (χ1n) is 5.70. The van der Waals surface area contributed by atoms with Gasteiger partial charge in [0.25, 0.3) is 0 Å². The molecule has 1 atom stereocenters. The molecule has 6 heteroatoms. The van der Waals surface area contributed by atoms with E-state index in [0.29, 0.717) is 0 Å². The number of phenolic OH excluding ortho intramolecular Hbond substituents is 2. The number of aryl methyl sites for hydroxylation is 1. The van der Waals surface area contributed by atoms with E-state index in [0.717, 1.165) is 22.1 Å². The van der Waals surface area contributed by atoms with E-state index < -0.39 is 0 Å². The Morgan fingerprint density at radius 2 is 1.89 bits per heavy atom. The van der Waals surface area contributed by atoms with Crippen molar-refractivity contribution in [2.45, 2.75) is 26.3 Å². The summed E-state index contributed by atoms with van der Waals surface area (Å²) in [7, 11) is 0. The minimum absolute atomic E-state index is 0.0464. The Labute approximate surface area is 109 Å². The van der Waals surface area contributed by atoms with Crippen molar-refractivity contribution in [1.29, 1.82) is 0 Å². The molecule has 0 aliphatic rings. The lowest BCUT2D eigenvalue weighted by Crippen LogP contribution is -2.06. The average Bonchev–Trinajstić information content (AvgIpc) is 2.75. The van der Waals surface area contributed by atoms with Crippen LogP contribution in [0.15, 0.2) is 18.2 Å². The fourth-order valence-corrected chi connectivity index (χ4v) is 2.36. The Hall–Kier alpha value is -1.82. The molecule has 1 unspecified atom stereocenters. The number of aromatic nitrogens is 2. The maximum Gasteiger partial charge on any atom is 0.206 e. The van der Waals surface area contributed by atoms with Gasteiger partial charge in [0, 0.05) is 6.07 Å². The molecule has 2 aromatic rings. The highest BCUT2D eigenvalue weighted by Gasteiger charge is 2.10. The molecule has 0 radical (unpaired) electrons. The molecule has 0 spiro atoms. The largest absolute Gasteiger partial charge is 0.508 e. The molecule has 0 aliphatic carbocycles. The van der Waals surface area contributed by atoms with E-state index in [9.17, 15) is 10.2 Å². The summed E-state index contributed by atoms with van der Waals surface area (Å²) in [6.07, 6.45) is 0.862. The van der Waals surface area contributed by atoms with Crippen LogP contribution in [0.3, 0.4) is 0 Å². The smallest absolute Gasteiger partial charge is 0.206 e. The van der Waals surface area contributed by atoms with Gasteiger partial charge >= 0.3 is 0 Å². The van der Waals surface area contributed by atoms with Gasteiger partial charge in [-0.2, -0.15) is 0 Å². The van der Waals surface area contributed by atoms with Gasteiger partial charge in [0.15, 0.2) is 0 Å². The third kappa shape index (κ3) is 2.89. The molecular formula is C12H15N3O2S. The summed E-state index contributed by atoms with van der Waals surface area (Å²) in [5.74, 6) is 0.0929. The van der Waals surface area contributed by atoms with Crippen molar-refractivity contribution in [2.75, 3.05) is 5.32 Å². The number of benzene rings is 1. The van der Waals surface area contributed by atoms with Crippen LogP contribution in [0.25, 0.3) is 0 Å². The molecule has 0 fully saturated rings. The van der Waals surface area contributed by atoms with Crippen molar-refractivity contribution >= 4 is 16.5 Å². The fourth-order valence-electron chi connectivity index (χ4n) is 1.59. The van der Waals surface area contributed by atoms with Crippen molar-refractivity contribution in [3.8, 4) is 11.5 Å². The standard InChI is InChI=1S/C12H15N3O2S/c1-3-11-14-15-12(18-11)13-7(2)8-4-9(16)6-10(17)5-8/h4-7,16-17H,3H2,1-2H3,(H,13,15). The van der Waals surface area contributed by atoms with Crippen LogP contribution in [0, 0.1) is 0 Å².